The molecule has 6 nitrogen and oxygen atoms in total. The average Bonchev–Trinajstić information content (AvgIpc) is 2.88. The molecule has 0 radical (unpaired) electrons. The molecule has 1 aliphatic rings. The number of amides is 4. The Bertz CT molecular complexity index is 926. The monoisotopic (exact) mass is 379 g/mol. The van der Waals surface area contributed by atoms with E-state index in [9.17, 15) is 14.4 Å². The molecule has 2 aromatic carbocycles. The van der Waals surface area contributed by atoms with Gasteiger partial charge in [-0.2, -0.15) is 0 Å². The highest BCUT2D eigenvalue weighted by Gasteiger charge is 2.49. The molecule has 146 valence electrons. The van der Waals surface area contributed by atoms with Crippen molar-refractivity contribution in [3.8, 4) is 0 Å². The van der Waals surface area contributed by atoms with Crippen LogP contribution in [0.25, 0.3) is 0 Å². The number of hydrogen-bond acceptors (Lipinski definition) is 3. The molecule has 0 unspecified atom stereocenters. The number of rotatable bonds is 5. The van der Waals surface area contributed by atoms with E-state index in [4.69, 9.17) is 0 Å². The van der Waals surface area contributed by atoms with Crippen LogP contribution in [0, 0.1) is 13.8 Å². The maximum atomic E-state index is 12.9. The molecule has 2 atom stereocenters. The lowest BCUT2D eigenvalue weighted by atomic mass is 9.92. The van der Waals surface area contributed by atoms with Crippen LogP contribution < -0.4 is 10.6 Å². The highest BCUT2D eigenvalue weighted by atomic mass is 16.2. The van der Waals surface area contributed by atoms with Crippen LogP contribution >= 0.6 is 0 Å². The van der Waals surface area contributed by atoms with E-state index in [0.717, 1.165) is 16.0 Å². The second-order valence-electron chi connectivity index (χ2n) is 7.45. The van der Waals surface area contributed by atoms with Gasteiger partial charge in [0.1, 0.15) is 12.1 Å². The van der Waals surface area contributed by atoms with Gasteiger partial charge in [-0.1, -0.05) is 48.5 Å². The van der Waals surface area contributed by atoms with Crippen molar-refractivity contribution in [2.45, 2.75) is 39.3 Å². The molecule has 3 rings (SSSR count). The zero-order valence-electron chi connectivity index (χ0n) is 16.6. The lowest BCUT2D eigenvalue weighted by molar-refractivity contribution is -0.135. The Hall–Kier alpha value is -3.15. The van der Waals surface area contributed by atoms with E-state index >= 15 is 0 Å². The van der Waals surface area contributed by atoms with Crippen molar-refractivity contribution in [2.75, 3.05) is 6.54 Å². The fourth-order valence-electron chi connectivity index (χ4n) is 3.36. The second kappa shape index (κ2) is 7.46. The summed E-state index contributed by atoms with van der Waals surface area (Å²) in [5, 5.41) is 5.57. The van der Waals surface area contributed by atoms with E-state index in [0.29, 0.717) is 5.56 Å². The van der Waals surface area contributed by atoms with Gasteiger partial charge in [0, 0.05) is 0 Å². The van der Waals surface area contributed by atoms with Gasteiger partial charge in [0.2, 0.25) is 5.91 Å². The van der Waals surface area contributed by atoms with E-state index in [-0.39, 0.29) is 18.5 Å². The van der Waals surface area contributed by atoms with Gasteiger partial charge in [-0.25, -0.2) is 4.79 Å². The Kier molecular flexibility index (Phi) is 5.23. The summed E-state index contributed by atoms with van der Waals surface area (Å²) in [6.07, 6.45) is 0. The van der Waals surface area contributed by atoms with Gasteiger partial charge < -0.3 is 10.6 Å². The number of aryl methyl sites for hydroxylation is 2. The molecule has 2 aromatic rings. The summed E-state index contributed by atoms with van der Waals surface area (Å²) in [6.45, 7) is 7.26. The summed E-state index contributed by atoms with van der Waals surface area (Å²) >= 11 is 0. The topological polar surface area (TPSA) is 78.5 Å². The standard InChI is InChI=1S/C22H25N3O3/c1-14-10-11-17(12-15(14)2)16(3)23-19(26)13-25-20(27)22(4,24-21(25)28)18-8-6-5-7-9-18/h5-12,16H,13H2,1-4H3,(H,23,26)(H,24,28)/t16-,22-/m1/s1. The van der Waals surface area contributed by atoms with Crippen molar-refractivity contribution in [1.29, 1.82) is 0 Å². The van der Waals surface area contributed by atoms with E-state index in [2.05, 4.69) is 10.6 Å². The third-order valence-electron chi connectivity index (χ3n) is 5.34. The van der Waals surface area contributed by atoms with Crippen molar-refractivity contribution in [3.63, 3.8) is 0 Å². The fourth-order valence-corrected chi connectivity index (χ4v) is 3.36. The molecule has 0 saturated carbocycles. The van der Waals surface area contributed by atoms with Gasteiger partial charge >= 0.3 is 6.03 Å². The number of benzene rings is 2. The van der Waals surface area contributed by atoms with Gasteiger partial charge in [0.05, 0.1) is 6.04 Å². The van der Waals surface area contributed by atoms with Crippen molar-refractivity contribution in [3.05, 3.63) is 70.8 Å². The van der Waals surface area contributed by atoms with Crippen LogP contribution in [0.15, 0.2) is 48.5 Å². The minimum atomic E-state index is -1.17. The summed E-state index contributed by atoms with van der Waals surface area (Å²) in [6, 6.07) is 14.2. The summed E-state index contributed by atoms with van der Waals surface area (Å²) in [4.78, 5) is 38.7. The van der Waals surface area contributed by atoms with Gasteiger partial charge in [0.15, 0.2) is 0 Å². The molecule has 1 saturated heterocycles. The predicted octanol–water partition coefficient (Wildman–Crippen LogP) is 2.95. The smallest absolute Gasteiger partial charge is 0.325 e. The molecule has 0 spiro atoms. The van der Waals surface area contributed by atoms with Crippen molar-refractivity contribution < 1.29 is 14.4 Å². The molecule has 0 aliphatic carbocycles. The Morgan fingerprint density at radius 1 is 1.11 bits per heavy atom. The van der Waals surface area contributed by atoms with Crippen LogP contribution in [-0.2, 0) is 15.1 Å². The maximum absolute atomic E-state index is 12.9. The summed E-state index contributed by atoms with van der Waals surface area (Å²) in [7, 11) is 0. The Morgan fingerprint density at radius 3 is 2.43 bits per heavy atom. The average molecular weight is 379 g/mol. The number of carbonyl (C=O) groups is 3. The molecule has 0 aromatic heterocycles. The Morgan fingerprint density at radius 2 is 1.79 bits per heavy atom. The van der Waals surface area contributed by atoms with E-state index in [1.165, 1.54) is 5.56 Å². The molecule has 6 heteroatoms. The normalized spacial score (nSPS) is 20.1. The Balaban J connectivity index is 1.69. The number of urea groups is 1. The lowest BCUT2D eigenvalue weighted by Crippen LogP contribution is -2.43. The number of nitrogens with one attached hydrogen (secondary N) is 2. The van der Waals surface area contributed by atoms with E-state index in [1.807, 2.05) is 45.0 Å². The largest absolute Gasteiger partial charge is 0.348 e. The van der Waals surface area contributed by atoms with Crippen LogP contribution in [0.3, 0.4) is 0 Å². The van der Waals surface area contributed by atoms with Gasteiger partial charge in [-0.15, -0.1) is 0 Å². The van der Waals surface area contributed by atoms with Crippen LogP contribution in [0.5, 0.6) is 0 Å². The van der Waals surface area contributed by atoms with Crippen LogP contribution in [0.2, 0.25) is 0 Å². The van der Waals surface area contributed by atoms with Crippen LogP contribution in [-0.4, -0.2) is 29.3 Å². The molecule has 1 fully saturated rings. The molecular weight excluding hydrogens is 354 g/mol. The third-order valence-corrected chi connectivity index (χ3v) is 5.34. The number of nitrogens with zero attached hydrogens (tertiary/aromatic N) is 1. The number of hydrogen-bond donors (Lipinski definition) is 2. The van der Waals surface area contributed by atoms with Crippen molar-refractivity contribution >= 4 is 17.8 Å². The highest BCUT2D eigenvalue weighted by Crippen LogP contribution is 2.28. The summed E-state index contributed by atoms with van der Waals surface area (Å²) in [5.74, 6) is -0.816. The first-order chi connectivity index (χ1) is 13.2. The van der Waals surface area contributed by atoms with Crippen LogP contribution in [0.1, 0.15) is 42.1 Å². The number of imide groups is 1. The fraction of sp³-hybridized carbons (Fsp3) is 0.318. The van der Waals surface area contributed by atoms with E-state index in [1.54, 1.807) is 31.2 Å². The molecule has 2 N–H and O–H groups in total. The lowest BCUT2D eigenvalue weighted by Gasteiger charge is -2.22. The third kappa shape index (κ3) is 3.63. The first-order valence-corrected chi connectivity index (χ1v) is 9.28. The Labute approximate surface area is 164 Å². The van der Waals surface area contributed by atoms with Gasteiger partial charge in [-0.05, 0) is 49.9 Å². The molecular formula is C22H25N3O3. The molecule has 0 bridgehead atoms. The zero-order valence-corrected chi connectivity index (χ0v) is 16.6. The van der Waals surface area contributed by atoms with Gasteiger partial charge in [-0.3, -0.25) is 14.5 Å². The SMILES string of the molecule is Cc1ccc([C@@H](C)NC(=O)CN2C(=O)N[C@](C)(c3ccccc3)C2=O)cc1C. The quantitative estimate of drug-likeness (QED) is 0.784. The minimum absolute atomic E-state index is 0.229. The molecule has 4 amide bonds. The highest BCUT2D eigenvalue weighted by molar-refractivity contribution is 6.09. The van der Waals surface area contributed by atoms with Crippen molar-refractivity contribution in [2.24, 2.45) is 0 Å². The second-order valence-corrected chi connectivity index (χ2v) is 7.45. The first kappa shape index (κ1) is 19.6. The summed E-state index contributed by atoms with van der Waals surface area (Å²) in [5.41, 5.74) is 2.81. The minimum Gasteiger partial charge on any atom is -0.348 e. The number of carbonyl (C=O) groups excluding carboxylic acids is 3. The molecule has 1 aliphatic heterocycles. The van der Waals surface area contributed by atoms with Crippen molar-refractivity contribution in [1.82, 2.24) is 15.5 Å². The summed E-state index contributed by atoms with van der Waals surface area (Å²) < 4.78 is 0. The maximum Gasteiger partial charge on any atom is 0.325 e. The molecule has 1 heterocycles. The predicted molar refractivity (Wildman–Crippen MR) is 107 cm³/mol. The zero-order chi connectivity index (χ0) is 20.5. The van der Waals surface area contributed by atoms with Gasteiger partial charge in [0.25, 0.3) is 5.91 Å². The molecule has 28 heavy (non-hydrogen) atoms. The van der Waals surface area contributed by atoms with Crippen LogP contribution in [0.4, 0.5) is 4.79 Å². The van der Waals surface area contributed by atoms with E-state index < -0.39 is 17.5 Å². The first-order valence-electron chi connectivity index (χ1n) is 9.28.